The molecule has 3 N–H and O–H groups in total. The molecule has 1 unspecified atom stereocenters. The number of aryl methyl sites for hydroxylation is 3. The summed E-state index contributed by atoms with van der Waals surface area (Å²) in [4.78, 5) is 22.3. The van der Waals surface area contributed by atoms with Gasteiger partial charge in [-0.05, 0) is 60.7 Å². The lowest BCUT2D eigenvalue weighted by Gasteiger charge is -2.16. The van der Waals surface area contributed by atoms with E-state index < -0.39 is 26.5 Å². The summed E-state index contributed by atoms with van der Waals surface area (Å²) in [6.07, 6.45) is -1.86. The lowest BCUT2D eigenvalue weighted by Crippen LogP contribution is -2.20. The predicted octanol–water partition coefficient (Wildman–Crippen LogP) is 2.79. The number of rotatable bonds is 9. The molecule has 2 aromatic rings. The molecule has 2 aromatic carbocycles. The van der Waals surface area contributed by atoms with E-state index in [1.54, 1.807) is 19.1 Å². The third-order valence-electron chi connectivity index (χ3n) is 4.36. The van der Waals surface area contributed by atoms with E-state index in [0.717, 1.165) is 33.6 Å². The van der Waals surface area contributed by atoms with E-state index in [0.29, 0.717) is 12.1 Å². The number of hydrogen-bond donors (Lipinski definition) is 3. The van der Waals surface area contributed by atoms with Crippen LogP contribution in [0.3, 0.4) is 0 Å². The Bertz CT molecular complexity index is 916. The number of carboxylic acid groups (broad SMARTS) is 1. The van der Waals surface area contributed by atoms with Crippen molar-refractivity contribution in [2.24, 2.45) is 0 Å². The molecule has 0 heterocycles. The van der Waals surface area contributed by atoms with Crippen LogP contribution in [0.2, 0.25) is 0 Å². The number of aliphatic hydroxyl groups is 1. The summed E-state index contributed by atoms with van der Waals surface area (Å²) in [5.41, 5.74) is 5.61. The predicted molar refractivity (Wildman–Crippen MR) is 110 cm³/mol. The summed E-state index contributed by atoms with van der Waals surface area (Å²) in [5.74, 6) is -0.473. The van der Waals surface area contributed by atoms with Crippen molar-refractivity contribution >= 4 is 19.8 Å². The fourth-order valence-corrected chi connectivity index (χ4v) is 3.69. The Labute approximate surface area is 170 Å². The number of benzene rings is 2. The first kappa shape index (κ1) is 23.1. The van der Waals surface area contributed by atoms with Crippen LogP contribution >= 0.6 is 8.00 Å². The van der Waals surface area contributed by atoms with Gasteiger partial charge < -0.3 is 15.1 Å². The maximum atomic E-state index is 13.6. The van der Waals surface area contributed by atoms with Crippen molar-refractivity contribution in [3.63, 3.8) is 0 Å². The number of carbonyl (C=O) groups is 1. The molecule has 0 spiro atoms. The van der Waals surface area contributed by atoms with Gasteiger partial charge in [0, 0.05) is 6.54 Å². The fraction of sp³-hybridized carbons (Fsp3) is 0.333. The summed E-state index contributed by atoms with van der Waals surface area (Å²) in [6.45, 7) is 6.09. The fourth-order valence-electron chi connectivity index (χ4n) is 3.00. The van der Waals surface area contributed by atoms with Crippen molar-refractivity contribution < 1.29 is 28.8 Å². The number of aliphatic hydroxyl groups excluding tert-OH is 1. The summed E-state index contributed by atoms with van der Waals surface area (Å²) >= 11 is 0. The van der Waals surface area contributed by atoms with Crippen molar-refractivity contribution in [2.75, 3.05) is 6.73 Å². The van der Waals surface area contributed by atoms with E-state index in [9.17, 15) is 19.2 Å². The second-order valence-electron chi connectivity index (χ2n) is 6.87. The van der Waals surface area contributed by atoms with Gasteiger partial charge in [-0.25, -0.2) is 4.39 Å². The monoisotopic (exact) mass is 421 g/mol. The number of aliphatic carboxylic acids is 1. The van der Waals surface area contributed by atoms with E-state index >= 15 is 0 Å². The first-order chi connectivity index (χ1) is 13.7. The number of halogens is 1. The highest BCUT2D eigenvalue weighted by Gasteiger charge is 2.13. The maximum absolute atomic E-state index is 13.6. The molecule has 0 aromatic heterocycles. The molecule has 6 nitrogen and oxygen atoms in total. The van der Waals surface area contributed by atoms with Gasteiger partial charge in [-0.2, -0.15) is 4.52 Å². The van der Waals surface area contributed by atoms with Gasteiger partial charge in [0.05, 0.1) is 6.42 Å². The van der Waals surface area contributed by atoms with Gasteiger partial charge in [0.1, 0.15) is 24.4 Å². The van der Waals surface area contributed by atoms with Gasteiger partial charge in [0.25, 0.3) is 0 Å². The quantitative estimate of drug-likeness (QED) is 0.327. The van der Waals surface area contributed by atoms with Crippen molar-refractivity contribution in [2.45, 2.75) is 39.8 Å². The van der Waals surface area contributed by atoms with Gasteiger partial charge >= 0.3 is 5.97 Å². The van der Waals surface area contributed by atoms with Crippen LogP contribution in [-0.2, 0) is 15.9 Å². The largest absolute Gasteiger partial charge is 0.603 e. The molecular weight excluding hydrogens is 396 g/mol. The smallest absolute Gasteiger partial charge is 0.306 e. The SMILES string of the molecule is Cc1cc(C)c(CNCO[P+]([O-])=C[C@@H](O)CC(=O)O)c(-c2ccc(F)c(C)c2)c1. The Kier molecular flexibility index (Phi) is 8.44. The van der Waals surface area contributed by atoms with Crippen molar-refractivity contribution in [3.05, 3.63) is 58.4 Å². The Morgan fingerprint density at radius 1 is 1.28 bits per heavy atom. The van der Waals surface area contributed by atoms with Gasteiger partial charge in [-0.1, -0.05) is 23.8 Å². The van der Waals surface area contributed by atoms with E-state index in [4.69, 9.17) is 9.63 Å². The van der Waals surface area contributed by atoms with Crippen LogP contribution in [0.5, 0.6) is 0 Å². The summed E-state index contributed by atoms with van der Waals surface area (Å²) in [6, 6.07) is 9.08. The summed E-state index contributed by atoms with van der Waals surface area (Å²) in [5, 5.41) is 21.1. The second kappa shape index (κ2) is 10.6. The highest BCUT2D eigenvalue weighted by molar-refractivity contribution is 7.44. The first-order valence-corrected chi connectivity index (χ1v) is 10.3. The molecule has 0 aliphatic heterocycles. The Balaban J connectivity index is 2.08. The van der Waals surface area contributed by atoms with Crippen LogP contribution in [0.4, 0.5) is 4.39 Å². The second-order valence-corrected chi connectivity index (χ2v) is 8.00. The highest BCUT2D eigenvalue weighted by Crippen LogP contribution is 2.29. The molecule has 156 valence electrons. The molecule has 8 heteroatoms. The molecular formula is C21H25FNO5P. The molecule has 2 atom stereocenters. The molecule has 0 radical (unpaired) electrons. The molecule has 0 fully saturated rings. The topological polar surface area (TPSA) is 102 Å². The van der Waals surface area contributed by atoms with Crippen LogP contribution in [0.15, 0.2) is 30.3 Å². The minimum absolute atomic E-state index is 0.0410. The Morgan fingerprint density at radius 3 is 2.66 bits per heavy atom. The Morgan fingerprint density at radius 2 is 2.00 bits per heavy atom. The van der Waals surface area contributed by atoms with E-state index in [1.807, 2.05) is 26.0 Å². The molecule has 0 bridgehead atoms. The van der Waals surface area contributed by atoms with Crippen molar-refractivity contribution in [1.29, 1.82) is 0 Å². The normalized spacial score (nSPS) is 12.8. The number of hydrogen-bond acceptors (Lipinski definition) is 5. The average molecular weight is 421 g/mol. The van der Waals surface area contributed by atoms with Crippen LogP contribution < -0.4 is 10.2 Å². The third-order valence-corrected chi connectivity index (χ3v) is 5.33. The number of nitrogens with one attached hydrogen (secondary N) is 1. The van der Waals surface area contributed by atoms with Crippen LogP contribution in [0, 0.1) is 26.6 Å². The zero-order chi connectivity index (χ0) is 21.6. The van der Waals surface area contributed by atoms with Gasteiger partial charge in [-0.15, -0.1) is 0 Å². The van der Waals surface area contributed by atoms with Gasteiger partial charge in [-0.3, -0.25) is 10.1 Å². The molecule has 0 aliphatic rings. The van der Waals surface area contributed by atoms with Gasteiger partial charge in [0.15, 0.2) is 0 Å². The molecule has 29 heavy (non-hydrogen) atoms. The summed E-state index contributed by atoms with van der Waals surface area (Å²) < 4.78 is 18.7. The van der Waals surface area contributed by atoms with Crippen molar-refractivity contribution in [1.82, 2.24) is 5.32 Å². The summed E-state index contributed by atoms with van der Waals surface area (Å²) in [7, 11) is -2.30. The van der Waals surface area contributed by atoms with Crippen LogP contribution in [-0.4, -0.2) is 34.8 Å². The molecule has 0 saturated carbocycles. The van der Waals surface area contributed by atoms with Gasteiger partial charge in [0.2, 0.25) is 8.00 Å². The minimum Gasteiger partial charge on any atom is -0.603 e. The Hall–Kier alpha value is -2.15. The number of carboxylic acids is 1. The lowest BCUT2D eigenvalue weighted by molar-refractivity contribution is -0.172. The third kappa shape index (κ3) is 6.99. The maximum Gasteiger partial charge on any atom is 0.306 e. The zero-order valence-corrected chi connectivity index (χ0v) is 17.5. The van der Waals surface area contributed by atoms with E-state index in [1.165, 1.54) is 6.07 Å². The van der Waals surface area contributed by atoms with Crippen LogP contribution in [0.25, 0.3) is 11.1 Å². The minimum atomic E-state index is -2.30. The van der Waals surface area contributed by atoms with E-state index in [-0.39, 0.29) is 12.5 Å². The molecule has 2 rings (SSSR count). The average Bonchev–Trinajstić information content (AvgIpc) is 2.61. The highest BCUT2D eigenvalue weighted by atomic mass is 31.1. The first-order valence-electron chi connectivity index (χ1n) is 9.09. The molecule has 0 saturated heterocycles. The van der Waals surface area contributed by atoms with E-state index in [2.05, 4.69) is 5.32 Å². The molecule has 0 aliphatic carbocycles. The zero-order valence-electron chi connectivity index (χ0n) is 16.6. The lowest BCUT2D eigenvalue weighted by atomic mass is 9.93. The van der Waals surface area contributed by atoms with Crippen LogP contribution in [0.1, 0.15) is 28.7 Å². The molecule has 0 amide bonds. The standard InChI is InChI=1S/C21H25FNO5P/c1-13-6-14(2)19(18(7-13)16-4-5-20(22)15(3)8-16)10-23-12-28-29(27)11-17(24)9-21(25)26/h4-8,11,17,23-24H,9-10,12H2,1-3H3,(H,25,26)/t17-/m0/s1. The van der Waals surface area contributed by atoms with Crippen molar-refractivity contribution in [3.8, 4) is 11.1 Å².